The molecule has 0 bridgehead atoms. The SMILES string of the molecule is CCC(=O)CNC(=O)CNC. The number of hydrogen-bond acceptors (Lipinski definition) is 3. The van der Waals surface area contributed by atoms with Gasteiger partial charge in [0.25, 0.3) is 0 Å². The van der Waals surface area contributed by atoms with Gasteiger partial charge in [0.15, 0.2) is 5.78 Å². The van der Waals surface area contributed by atoms with Crippen molar-refractivity contribution in [3.8, 4) is 0 Å². The Bertz CT molecular complexity index is 145. The van der Waals surface area contributed by atoms with E-state index in [-0.39, 0.29) is 24.8 Å². The van der Waals surface area contributed by atoms with Crippen LogP contribution in [0.15, 0.2) is 0 Å². The van der Waals surface area contributed by atoms with Gasteiger partial charge in [-0.2, -0.15) is 0 Å². The van der Waals surface area contributed by atoms with Crippen LogP contribution in [0.4, 0.5) is 0 Å². The van der Waals surface area contributed by atoms with Crippen molar-refractivity contribution in [2.24, 2.45) is 0 Å². The van der Waals surface area contributed by atoms with Gasteiger partial charge in [0.2, 0.25) is 5.91 Å². The number of amides is 1. The highest BCUT2D eigenvalue weighted by Crippen LogP contribution is 1.76. The molecular formula is C7H14N2O2. The van der Waals surface area contributed by atoms with Gasteiger partial charge in [-0.25, -0.2) is 0 Å². The molecule has 0 saturated carbocycles. The summed E-state index contributed by atoms with van der Waals surface area (Å²) in [5.41, 5.74) is 0. The van der Waals surface area contributed by atoms with Crippen LogP contribution in [0.3, 0.4) is 0 Å². The van der Waals surface area contributed by atoms with E-state index in [0.29, 0.717) is 6.42 Å². The maximum absolute atomic E-state index is 10.7. The molecule has 0 atom stereocenters. The molecule has 0 saturated heterocycles. The molecule has 0 unspecified atom stereocenters. The molecule has 64 valence electrons. The molecule has 0 radical (unpaired) electrons. The minimum atomic E-state index is -0.144. The van der Waals surface area contributed by atoms with E-state index in [4.69, 9.17) is 0 Å². The Morgan fingerprint density at radius 2 is 1.91 bits per heavy atom. The zero-order valence-electron chi connectivity index (χ0n) is 6.94. The molecule has 0 aliphatic heterocycles. The minimum absolute atomic E-state index is 0.0504. The van der Waals surface area contributed by atoms with Crippen LogP contribution in [-0.4, -0.2) is 31.8 Å². The standard InChI is InChI=1S/C7H14N2O2/c1-3-6(10)4-9-7(11)5-8-2/h8H,3-5H2,1-2H3,(H,9,11). The largest absolute Gasteiger partial charge is 0.348 e. The van der Waals surface area contributed by atoms with Gasteiger partial charge in [-0.1, -0.05) is 6.92 Å². The van der Waals surface area contributed by atoms with Crippen LogP contribution in [-0.2, 0) is 9.59 Å². The fourth-order valence-electron chi connectivity index (χ4n) is 0.545. The van der Waals surface area contributed by atoms with Gasteiger partial charge >= 0.3 is 0 Å². The van der Waals surface area contributed by atoms with Gasteiger partial charge in [-0.15, -0.1) is 0 Å². The van der Waals surface area contributed by atoms with Gasteiger partial charge in [-0.05, 0) is 7.05 Å². The summed E-state index contributed by atoms with van der Waals surface area (Å²) in [4.78, 5) is 21.4. The molecular weight excluding hydrogens is 144 g/mol. The monoisotopic (exact) mass is 158 g/mol. The number of carbonyl (C=O) groups is 2. The van der Waals surface area contributed by atoms with Crippen molar-refractivity contribution >= 4 is 11.7 Å². The van der Waals surface area contributed by atoms with Crippen molar-refractivity contribution in [1.82, 2.24) is 10.6 Å². The first-order valence-corrected chi connectivity index (χ1v) is 3.63. The second kappa shape index (κ2) is 5.85. The number of hydrogen-bond donors (Lipinski definition) is 2. The molecule has 4 heteroatoms. The molecule has 0 aromatic heterocycles. The Balaban J connectivity index is 3.38. The molecule has 0 spiro atoms. The van der Waals surface area contributed by atoms with Crippen LogP contribution in [0.25, 0.3) is 0 Å². The summed E-state index contributed by atoms with van der Waals surface area (Å²) < 4.78 is 0. The van der Waals surface area contributed by atoms with Crippen molar-refractivity contribution in [3.05, 3.63) is 0 Å². The fourth-order valence-corrected chi connectivity index (χ4v) is 0.545. The maximum Gasteiger partial charge on any atom is 0.234 e. The minimum Gasteiger partial charge on any atom is -0.348 e. The fraction of sp³-hybridized carbons (Fsp3) is 0.714. The van der Waals surface area contributed by atoms with E-state index in [0.717, 1.165) is 0 Å². The highest BCUT2D eigenvalue weighted by Gasteiger charge is 2.01. The summed E-state index contributed by atoms with van der Waals surface area (Å²) in [7, 11) is 1.68. The lowest BCUT2D eigenvalue weighted by molar-refractivity contribution is -0.124. The maximum atomic E-state index is 10.7. The zero-order chi connectivity index (χ0) is 8.69. The molecule has 0 aliphatic carbocycles. The van der Waals surface area contributed by atoms with Crippen LogP contribution in [0, 0.1) is 0 Å². The van der Waals surface area contributed by atoms with Gasteiger partial charge < -0.3 is 10.6 Å². The third kappa shape index (κ3) is 5.54. The first-order chi connectivity index (χ1) is 5.20. The summed E-state index contributed by atoms with van der Waals surface area (Å²) in [6, 6.07) is 0. The first-order valence-electron chi connectivity index (χ1n) is 3.63. The quantitative estimate of drug-likeness (QED) is 0.556. The van der Waals surface area contributed by atoms with E-state index in [1.807, 2.05) is 0 Å². The number of rotatable bonds is 5. The Kier molecular flexibility index (Phi) is 5.37. The Morgan fingerprint density at radius 1 is 1.27 bits per heavy atom. The molecule has 2 N–H and O–H groups in total. The number of Topliss-reactive ketones (excluding diaryl/α,β-unsaturated/α-hetero) is 1. The van der Waals surface area contributed by atoms with Crippen molar-refractivity contribution < 1.29 is 9.59 Å². The predicted molar refractivity (Wildman–Crippen MR) is 42.2 cm³/mol. The van der Waals surface area contributed by atoms with Crippen molar-refractivity contribution in [2.75, 3.05) is 20.1 Å². The molecule has 0 heterocycles. The Labute approximate surface area is 66.4 Å². The number of carbonyl (C=O) groups excluding carboxylic acids is 2. The molecule has 0 aromatic carbocycles. The van der Waals surface area contributed by atoms with Crippen LogP contribution >= 0.6 is 0 Å². The topological polar surface area (TPSA) is 58.2 Å². The summed E-state index contributed by atoms with van der Waals surface area (Å²) >= 11 is 0. The smallest absolute Gasteiger partial charge is 0.234 e. The van der Waals surface area contributed by atoms with Gasteiger partial charge in [0.05, 0.1) is 13.1 Å². The highest BCUT2D eigenvalue weighted by atomic mass is 16.2. The lowest BCUT2D eigenvalue weighted by Crippen LogP contribution is -2.35. The van der Waals surface area contributed by atoms with E-state index in [1.165, 1.54) is 0 Å². The molecule has 0 aliphatic rings. The number of ketones is 1. The molecule has 0 rings (SSSR count). The molecule has 1 amide bonds. The summed E-state index contributed by atoms with van der Waals surface area (Å²) in [6.07, 6.45) is 0.472. The zero-order valence-corrected chi connectivity index (χ0v) is 6.94. The predicted octanol–water partition coefficient (Wildman–Crippen LogP) is -0.699. The van der Waals surface area contributed by atoms with Gasteiger partial charge in [-0.3, -0.25) is 9.59 Å². The third-order valence-electron chi connectivity index (χ3n) is 1.21. The van der Waals surface area contributed by atoms with Crippen molar-refractivity contribution in [3.63, 3.8) is 0 Å². The summed E-state index contributed by atoms with van der Waals surface area (Å²) in [6.45, 7) is 2.18. The van der Waals surface area contributed by atoms with Crippen LogP contribution < -0.4 is 10.6 Å². The average Bonchev–Trinajstić information content (AvgIpc) is 2.01. The van der Waals surface area contributed by atoms with Crippen molar-refractivity contribution in [2.45, 2.75) is 13.3 Å². The number of likely N-dealkylation sites (N-methyl/N-ethyl adjacent to an activating group) is 1. The second-order valence-electron chi connectivity index (χ2n) is 2.20. The Hall–Kier alpha value is -0.900. The van der Waals surface area contributed by atoms with E-state index in [2.05, 4.69) is 10.6 Å². The van der Waals surface area contributed by atoms with Crippen LogP contribution in [0.5, 0.6) is 0 Å². The molecule has 0 aromatic rings. The van der Waals surface area contributed by atoms with Crippen molar-refractivity contribution in [1.29, 1.82) is 0 Å². The molecule has 4 nitrogen and oxygen atoms in total. The van der Waals surface area contributed by atoms with E-state index in [1.54, 1.807) is 14.0 Å². The highest BCUT2D eigenvalue weighted by molar-refractivity contribution is 5.86. The van der Waals surface area contributed by atoms with Crippen LogP contribution in [0.2, 0.25) is 0 Å². The van der Waals surface area contributed by atoms with Gasteiger partial charge in [0.1, 0.15) is 0 Å². The normalized spacial score (nSPS) is 9.27. The van der Waals surface area contributed by atoms with E-state index in [9.17, 15) is 9.59 Å². The molecule has 0 fully saturated rings. The van der Waals surface area contributed by atoms with E-state index < -0.39 is 0 Å². The summed E-state index contributed by atoms with van der Waals surface area (Å²) in [5.74, 6) is -0.0937. The third-order valence-corrected chi connectivity index (χ3v) is 1.21. The number of nitrogens with one attached hydrogen (secondary N) is 2. The van der Waals surface area contributed by atoms with Crippen LogP contribution in [0.1, 0.15) is 13.3 Å². The molecule has 11 heavy (non-hydrogen) atoms. The van der Waals surface area contributed by atoms with Gasteiger partial charge in [0, 0.05) is 6.42 Å². The lowest BCUT2D eigenvalue weighted by Gasteiger charge is -2.01. The summed E-state index contributed by atoms with van der Waals surface area (Å²) in [5, 5.41) is 5.17. The first kappa shape index (κ1) is 10.1. The average molecular weight is 158 g/mol. The van der Waals surface area contributed by atoms with E-state index >= 15 is 0 Å². The lowest BCUT2D eigenvalue weighted by atomic mass is 10.3. The Morgan fingerprint density at radius 3 is 2.36 bits per heavy atom. The second-order valence-corrected chi connectivity index (χ2v) is 2.20.